The Labute approximate surface area is 78.2 Å². The van der Waals surface area contributed by atoms with Crippen LogP contribution < -0.4 is 0 Å². The van der Waals surface area contributed by atoms with Gasteiger partial charge in [-0.1, -0.05) is 13.2 Å². The Morgan fingerprint density at radius 2 is 2.38 bits per heavy atom. The number of fused-ring (bicyclic) bond motifs is 2. The lowest BCUT2D eigenvalue weighted by Gasteiger charge is -2.19. The maximum Gasteiger partial charge on any atom is 0.246 e. The van der Waals surface area contributed by atoms with E-state index in [4.69, 9.17) is 0 Å². The Morgan fingerprint density at radius 1 is 1.62 bits per heavy atom. The molecule has 2 heteroatoms. The number of carbonyl (C=O) groups is 1. The van der Waals surface area contributed by atoms with E-state index in [9.17, 15) is 4.79 Å². The molecule has 1 amide bonds. The predicted octanol–water partition coefficient (Wildman–Crippen LogP) is 1.65. The minimum atomic E-state index is 0.0535. The second-order valence-corrected chi connectivity index (χ2v) is 3.60. The fourth-order valence-corrected chi connectivity index (χ4v) is 2.44. The van der Waals surface area contributed by atoms with Crippen molar-refractivity contribution in [3.8, 4) is 0 Å². The van der Waals surface area contributed by atoms with Crippen LogP contribution in [0.2, 0.25) is 0 Å². The van der Waals surface area contributed by atoms with E-state index in [1.54, 1.807) is 0 Å². The first-order valence-corrected chi connectivity index (χ1v) is 4.61. The molecule has 0 aromatic rings. The molecule has 0 N–H and O–H groups in total. The summed E-state index contributed by atoms with van der Waals surface area (Å²) in [6.07, 6.45) is 4.56. The predicted molar refractivity (Wildman–Crippen MR) is 51.1 cm³/mol. The van der Waals surface area contributed by atoms with E-state index in [-0.39, 0.29) is 11.9 Å². The standard InChI is InChI=1S/C11H13NO/c1-3-8-7-9-5-6-10(8)12(9)11(13)4-2/h4,9-10H,1-2,5-7H2/t9-,10+/m0/s1. The molecule has 2 fully saturated rings. The second kappa shape index (κ2) is 2.90. The third-order valence-corrected chi connectivity index (χ3v) is 3.02. The summed E-state index contributed by atoms with van der Waals surface area (Å²) in [5.74, 6) is 0.0535. The molecule has 2 bridgehead atoms. The fraction of sp³-hybridized carbons (Fsp3) is 0.455. The highest BCUT2D eigenvalue weighted by atomic mass is 16.2. The summed E-state index contributed by atoms with van der Waals surface area (Å²) in [6, 6.07) is 0.660. The molecule has 0 unspecified atom stereocenters. The summed E-state index contributed by atoms with van der Waals surface area (Å²) in [5, 5.41) is 0. The van der Waals surface area contributed by atoms with Gasteiger partial charge >= 0.3 is 0 Å². The van der Waals surface area contributed by atoms with Crippen molar-refractivity contribution in [1.82, 2.24) is 4.90 Å². The summed E-state index contributed by atoms with van der Waals surface area (Å²) < 4.78 is 0. The lowest BCUT2D eigenvalue weighted by molar-refractivity contribution is -0.126. The van der Waals surface area contributed by atoms with E-state index >= 15 is 0 Å². The third kappa shape index (κ3) is 1.06. The van der Waals surface area contributed by atoms with Gasteiger partial charge in [0, 0.05) is 6.04 Å². The first-order chi connectivity index (χ1) is 6.27. The smallest absolute Gasteiger partial charge is 0.246 e. The Balaban J connectivity index is 2.29. The molecule has 0 aromatic heterocycles. The molecule has 2 nitrogen and oxygen atoms in total. The van der Waals surface area contributed by atoms with E-state index in [1.165, 1.54) is 11.6 Å². The van der Waals surface area contributed by atoms with E-state index in [2.05, 4.69) is 18.9 Å². The van der Waals surface area contributed by atoms with Crippen LogP contribution in [-0.4, -0.2) is 22.9 Å². The van der Waals surface area contributed by atoms with Crippen molar-refractivity contribution in [3.63, 3.8) is 0 Å². The van der Waals surface area contributed by atoms with Gasteiger partial charge in [0.1, 0.15) is 0 Å². The molecule has 2 atom stereocenters. The zero-order chi connectivity index (χ0) is 9.42. The van der Waals surface area contributed by atoms with Gasteiger partial charge in [-0.3, -0.25) is 4.79 Å². The molecule has 2 aliphatic rings. The Kier molecular flexibility index (Phi) is 1.86. The van der Waals surface area contributed by atoms with Gasteiger partial charge in [-0.05, 0) is 30.9 Å². The van der Waals surface area contributed by atoms with Crippen molar-refractivity contribution in [2.24, 2.45) is 0 Å². The fourth-order valence-electron chi connectivity index (χ4n) is 2.44. The molecule has 68 valence electrons. The van der Waals surface area contributed by atoms with E-state index in [0.717, 1.165) is 19.3 Å². The highest BCUT2D eigenvalue weighted by molar-refractivity contribution is 5.88. The number of amides is 1. The van der Waals surface area contributed by atoms with Crippen LogP contribution in [0.15, 0.2) is 30.5 Å². The first-order valence-electron chi connectivity index (χ1n) is 4.61. The largest absolute Gasteiger partial charge is 0.329 e. The van der Waals surface area contributed by atoms with Crippen LogP contribution in [0.5, 0.6) is 0 Å². The van der Waals surface area contributed by atoms with Crippen molar-refractivity contribution in [3.05, 3.63) is 30.5 Å². The molecule has 2 heterocycles. The van der Waals surface area contributed by atoms with Gasteiger partial charge in [0.15, 0.2) is 0 Å². The highest BCUT2D eigenvalue weighted by Gasteiger charge is 2.44. The van der Waals surface area contributed by atoms with Crippen molar-refractivity contribution >= 4 is 5.91 Å². The van der Waals surface area contributed by atoms with Gasteiger partial charge in [-0.25, -0.2) is 0 Å². The van der Waals surface area contributed by atoms with Crippen molar-refractivity contribution in [2.45, 2.75) is 31.3 Å². The Bertz CT molecular complexity index is 312. The lowest BCUT2D eigenvalue weighted by Crippen LogP contribution is -2.33. The summed E-state index contributed by atoms with van der Waals surface area (Å²) in [4.78, 5) is 13.4. The number of carbonyl (C=O) groups excluding carboxylic acids is 1. The molecule has 0 radical (unpaired) electrons. The van der Waals surface area contributed by atoms with Crippen LogP contribution in [0.1, 0.15) is 19.3 Å². The molecule has 2 aliphatic heterocycles. The van der Waals surface area contributed by atoms with Gasteiger partial charge in [-0.2, -0.15) is 0 Å². The van der Waals surface area contributed by atoms with Gasteiger partial charge < -0.3 is 4.90 Å². The third-order valence-electron chi connectivity index (χ3n) is 3.02. The van der Waals surface area contributed by atoms with Crippen LogP contribution in [0.3, 0.4) is 0 Å². The Hall–Kier alpha value is -1.27. The summed E-state index contributed by atoms with van der Waals surface area (Å²) >= 11 is 0. The average Bonchev–Trinajstić information content (AvgIpc) is 2.72. The second-order valence-electron chi connectivity index (χ2n) is 3.60. The van der Waals surface area contributed by atoms with Crippen LogP contribution in [0, 0.1) is 0 Å². The lowest BCUT2D eigenvalue weighted by atomic mass is 9.96. The van der Waals surface area contributed by atoms with Crippen molar-refractivity contribution < 1.29 is 4.79 Å². The maximum absolute atomic E-state index is 11.5. The molecule has 0 spiro atoms. The topological polar surface area (TPSA) is 20.3 Å². The van der Waals surface area contributed by atoms with Gasteiger partial charge in [0.05, 0.1) is 6.04 Å². The van der Waals surface area contributed by atoms with Crippen LogP contribution in [-0.2, 0) is 4.79 Å². The number of nitrogens with zero attached hydrogens (tertiary/aromatic N) is 1. The Morgan fingerprint density at radius 3 is 2.92 bits per heavy atom. The van der Waals surface area contributed by atoms with Gasteiger partial charge in [-0.15, -0.1) is 5.73 Å². The van der Waals surface area contributed by atoms with Crippen LogP contribution in [0.25, 0.3) is 0 Å². The molecular formula is C11H13NO. The molecule has 13 heavy (non-hydrogen) atoms. The minimum absolute atomic E-state index is 0.0535. The van der Waals surface area contributed by atoms with Crippen LogP contribution in [0.4, 0.5) is 0 Å². The zero-order valence-electron chi connectivity index (χ0n) is 7.62. The van der Waals surface area contributed by atoms with Gasteiger partial charge in [0.2, 0.25) is 5.91 Å². The summed E-state index contributed by atoms with van der Waals surface area (Å²) in [7, 11) is 0. The quantitative estimate of drug-likeness (QED) is 0.438. The minimum Gasteiger partial charge on any atom is -0.329 e. The molecule has 0 aliphatic carbocycles. The van der Waals surface area contributed by atoms with Crippen molar-refractivity contribution in [2.75, 3.05) is 0 Å². The normalized spacial score (nSPS) is 30.5. The molecule has 2 saturated heterocycles. The molecular weight excluding hydrogens is 162 g/mol. The SMILES string of the molecule is C=C=C1C[C@@H]2CC[C@H]1N2C(=O)C=C. The van der Waals surface area contributed by atoms with E-state index in [0.29, 0.717) is 6.04 Å². The zero-order valence-corrected chi connectivity index (χ0v) is 7.62. The number of hydrogen-bond acceptors (Lipinski definition) is 1. The van der Waals surface area contributed by atoms with Gasteiger partial charge in [0.25, 0.3) is 0 Å². The molecule has 2 rings (SSSR count). The monoisotopic (exact) mass is 175 g/mol. The number of rotatable bonds is 1. The number of hydrogen-bond donors (Lipinski definition) is 0. The van der Waals surface area contributed by atoms with E-state index in [1.807, 2.05) is 4.90 Å². The van der Waals surface area contributed by atoms with Crippen LogP contribution >= 0.6 is 0 Å². The summed E-state index contributed by atoms with van der Waals surface area (Å²) in [5.41, 5.74) is 4.14. The van der Waals surface area contributed by atoms with E-state index < -0.39 is 0 Å². The molecule has 0 aromatic carbocycles. The average molecular weight is 175 g/mol. The molecule has 0 saturated carbocycles. The van der Waals surface area contributed by atoms with Crippen molar-refractivity contribution in [1.29, 1.82) is 0 Å². The maximum atomic E-state index is 11.5. The first kappa shape index (κ1) is 8.33. The summed E-state index contributed by atoms with van der Waals surface area (Å²) in [6.45, 7) is 7.17. The highest BCUT2D eigenvalue weighted by Crippen LogP contribution is 2.40.